The number of ether oxygens (including phenoxy) is 2. The van der Waals surface area contributed by atoms with E-state index in [0.29, 0.717) is 22.9 Å². The molecule has 28 heavy (non-hydrogen) atoms. The first-order chi connectivity index (χ1) is 13.7. The summed E-state index contributed by atoms with van der Waals surface area (Å²) in [6, 6.07) is 16.9. The van der Waals surface area contributed by atoms with Crippen LogP contribution < -0.4 is 14.9 Å². The van der Waals surface area contributed by atoms with Gasteiger partial charge in [0.1, 0.15) is 5.69 Å². The van der Waals surface area contributed by atoms with Gasteiger partial charge in [0.25, 0.3) is 5.91 Å². The molecule has 2 aromatic carbocycles. The number of aromatic nitrogens is 2. The number of methoxy groups -OCH3 is 2. The Morgan fingerprint density at radius 1 is 1.07 bits per heavy atom. The normalized spacial score (nSPS) is 11.1. The fourth-order valence-corrected chi connectivity index (χ4v) is 2.50. The van der Waals surface area contributed by atoms with Gasteiger partial charge in [0, 0.05) is 11.8 Å². The average molecular weight is 376 g/mol. The highest BCUT2D eigenvalue weighted by molar-refractivity contribution is 5.94. The number of carbonyl (C=O) groups excluding carboxylic acids is 1. The Labute approximate surface area is 162 Å². The van der Waals surface area contributed by atoms with Crippen LogP contribution in [0.15, 0.2) is 65.8 Å². The maximum atomic E-state index is 12.2. The molecule has 0 aliphatic heterocycles. The number of carbonyl (C=O) groups is 1. The number of aromatic amines is 1. The highest BCUT2D eigenvalue weighted by Gasteiger charge is 2.12. The summed E-state index contributed by atoms with van der Waals surface area (Å²) in [6.07, 6.45) is 5.15. The fraction of sp³-hybridized carbons (Fsp3) is 0.0952. The lowest BCUT2D eigenvalue weighted by atomic mass is 10.1. The van der Waals surface area contributed by atoms with E-state index in [0.717, 1.165) is 11.1 Å². The van der Waals surface area contributed by atoms with Crippen molar-refractivity contribution in [3.8, 4) is 22.8 Å². The summed E-state index contributed by atoms with van der Waals surface area (Å²) in [5, 5.41) is 10.8. The number of allylic oxidation sites excluding steroid dienone is 1. The molecule has 3 rings (SSSR count). The molecule has 0 saturated heterocycles. The SMILES string of the molecule is COc1ccc(-c2cc(C(=O)N/N=C/C=C/c3ccccc3)[nH]n2)cc1OC. The van der Waals surface area contributed by atoms with E-state index >= 15 is 0 Å². The lowest BCUT2D eigenvalue weighted by molar-refractivity contribution is 0.0950. The van der Waals surface area contributed by atoms with Crippen LogP contribution in [0.3, 0.4) is 0 Å². The van der Waals surface area contributed by atoms with Crippen molar-refractivity contribution in [3.63, 3.8) is 0 Å². The van der Waals surface area contributed by atoms with Crippen LogP contribution in [0.2, 0.25) is 0 Å². The van der Waals surface area contributed by atoms with Gasteiger partial charge in [-0.3, -0.25) is 9.89 Å². The van der Waals surface area contributed by atoms with Gasteiger partial charge in [0.15, 0.2) is 11.5 Å². The van der Waals surface area contributed by atoms with Crippen molar-refractivity contribution in [2.75, 3.05) is 14.2 Å². The summed E-state index contributed by atoms with van der Waals surface area (Å²) < 4.78 is 10.5. The van der Waals surface area contributed by atoms with Crippen molar-refractivity contribution in [2.24, 2.45) is 5.10 Å². The van der Waals surface area contributed by atoms with Gasteiger partial charge in [0.05, 0.1) is 19.9 Å². The average Bonchev–Trinajstić information content (AvgIpc) is 3.24. The van der Waals surface area contributed by atoms with E-state index < -0.39 is 0 Å². The number of hydrogen-bond donors (Lipinski definition) is 2. The first-order valence-corrected chi connectivity index (χ1v) is 8.54. The minimum atomic E-state index is -0.386. The van der Waals surface area contributed by atoms with Gasteiger partial charge in [-0.05, 0) is 35.9 Å². The number of H-pyrrole nitrogens is 1. The zero-order valence-electron chi connectivity index (χ0n) is 15.5. The van der Waals surface area contributed by atoms with Crippen LogP contribution in [0.25, 0.3) is 17.3 Å². The number of hydrogen-bond acceptors (Lipinski definition) is 5. The Hall–Kier alpha value is -3.87. The summed E-state index contributed by atoms with van der Waals surface area (Å²) in [6.45, 7) is 0. The Morgan fingerprint density at radius 3 is 2.61 bits per heavy atom. The largest absolute Gasteiger partial charge is 0.493 e. The summed E-state index contributed by atoms with van der Waals surface area (Å²) in [5.41, 5.74) is 5.21. The van der Waals surface area contributed by atoms with Crippen molar-refractivity contribution in [2.45, 2.75) is 0 Å². The zero-order chi connectivity index (χ0) is 19.8. The Balaban J connectivity index is 1.62. The third-order valence-electron chi connectivity index (χ3n) is 3.92. The minimum Gasteiger partial charge on any atom is -0.493 e. The smallest absolute Gasteiger partial charge is 0.289 e. The third kappa shape index (κ3) is 4.64. The van der Waals surface area contributed by atoms with Crippen LogP contribution in [-0.4, -0.2) is 36.5 Å². The van der Waals surface area contributed by atoms with Crippen molar-refractivity contribution < 1.29 is 14.3 Å². The zero-order valence-corrected chi connectivity index (χ0v) is 15.5. The molecule has 0 aliphatic carbocycles. The summed E-state index contributed by atoms with van der Waals surface area (Å²) in [5.74, 6) is 0.824. The molecule has 0 atom stereocenters. The van der Waals surface area contributed by atoms with E-state index in [9.17, 15) is 4.79 Å². The second kappa shape index (κ2) is 9.18. The van der Waals surface area contributed by atoms with Crippen molar-refractivity contribution >= 4 is 18.2 Å². The molecule has 0 fully saturated rings. The van der Waals surface area contributed by atoms with Crippen LogP contribution in [0, 0.1) is 0 Å². The molecular formula is C21H20N4O3. The quantitative estimate of drug-likeness (QED) is 0.488. The van der Waals surface area contributed by atoms with Crippen LogP contribution in [0.5, 0.6) is 11.5 Å². The van der Waals surface area contributed by atoms with E-state index in [1.54, 1.807) is 38.5 Å². The molecule has 142 valence electrons. The van der Waals surface area contributed by atoms with Gasteiger partial charge >= 0.3 is 0 Å². The second-order valence-electron chi connectivity index (χ2n) is 5.73. The van der Waals surface area contributed by atoms with Gasteiger partial charge in [-0.1, -0.05) is 36.4 Å². The summed E-state index contributed by atoms with van der Waals surface area (Å²) >= 11 is 0. The predicted molar refractivity (Wildman–Crippen MR) is 109 cm³/mol. The predicted octanol–water partition coefficient (Wildman–Crippen LogP) is 3.52. The highest BCUT2D eigenvalue weighted by atomic mass is 16.5. The van der Waals surface area contributed by atoms with Crippen molar-refractivity contribution in [1.82, 2.24) is 15.6 Å². The molecule has 1 aromatic heterocycles. The minimum absolute atomic E-state index is 0.300. The monoisotopic (exact) mass is 376 g/mol. The molecule has 3 aromatic rings. The van der Waals surface area contributed by atoms with E-state index in [-0.39, 0.29) is 5.91 Å². The van der Waals surface area contributed by atoms with Gasteiger partial charge in [-0.15, -0.1) is 0 Å². The number of benzene rings is 2. The van der Waals surface area contributed by atoms with Gasteiger partial charge < -0.3 is 9.47 Å². The lowest BCUT2D eigenvalue weighted by Gasteiger charge is -2.08. The molecule has 7 heteroatoms. The number of amides is 1. The molecule has 2 N–H and O–H groups in total. The van der Waals surface area contributed by atoms with Gasteiger partial charge in [-0.2, -0.15) is 10.2 Å². The second-order valence-corrected chi connectivity index (χ2v) is 5.73. The van der Waals surface area contributed by atoms with Crippen LogP contribution >= 0.6 is 0 Å². The standard InChI is InChI=1S/C21H20N4O3/c1-27-19-11-10-16(13-20(19)28-2)17-14-18(24-23-17)21(26)25-22-12-6-9-15-7-4-3-5-8-15/h3-14H,1-2H3,(H,23,24)(H,25,26)/b9-6+,22-12+. The van der Waals surface area contributed by atoms with Crippen LogP contribution in [0.1, 0.15) is 16.1 Å². The van der Waals surface area contributed by atoms with E-state index in [2.05, 4.69) is 20.7 Å². The Bertz CT molecular complexity index is 994. The molecule has 0 unspecified atom stereocenters. The van der Waals surface area contributed by atoms with E-state index in [1.165, 1.54) is 6.21 Å². The van der Waals surface area contributed by atoms with Gasteiger partial charge in [0.2, 0.25) is 0 Å². The number of nitrogens with zero attached hydrogens (tertiary/aromatic N) is 2. The Kier molecular flexibility index (Phi) is 6.20. The maximum Gasteiger partial charge on any atom is 0.289 e. The molecule has 1 amide bonds. The first-order valence-electron chi connectivity index (χ1n) is 8.54. The maximum absolute atomic E-state index is 12.2. The number of rotatable bonds is 7. The Morgan fingerprint density at radius 2 is 1.86 bits per heavy atom. The number of hydrazone groups is 1. The van der Waals surface area contributed by atoms with Crippen LogP contribution in [0.4, 0.5) is 0 Å². The van der Waals surface area contributed by atoms with E-state index in [1.807, 2.05) is 42.5 Å². The molecule has 0 bridgehead atoms. The van der Waals surface area contributed by atoms with Crippen molar-refractivity contribution in [3.05, 3.63) is 71.9 Å². The molecular weight excluding hydrogens is 356 g/mol. The third-order valence-corrected chi connectivity index (χ3v) is 3.92. The van der Waals surface area contributed by atoms with E-state index in [4.69, 9.17) is 9.47 Å². The number of nitrogens with one attached hydrogen (secondary N) is 2. The summed E-state index contributed by atoms with van der Waals surface area (Å²) in [7, 11) is 3.14. The molecule has 0 radical (unpaired) electrons. The fourth-order valence-electron chi connectivity index (χ4n) is 2.50. The molecule has 0 saturated carbocycles. The summed E-state index contributed by atoms with van der Waals surface area (Å²) in [4.78, 5) is 12.2. The molecule has 0 spiro atoms. The van der Waals surface area contributed by atoms with Crippen LogP contribution in [-0.2, 0) is 0 Å². The first kappa shape index (κ1) is 18.9. The topological polar surface area (TPSA) is 88.6 Å². The molecule has 7 nitrogen and oxygen atoms in total. The molecule has 0 aliphatic rings. The van der Waals surface area contributed by atoms with Gasteiger partial charge in [-0.25, -0.2) is 5.43 Å². The highest BCUT2D eigenvalue weighted by Crippen LogP contribution is 2.31. The molecule has 1 heterocycles. The van der Waals surface area contributed by atoms with Crippen molar-refractivity contribution in [1.29, 1.82) is 0 Å². The lowest BCUT2D eigenvalue weighted by Crippen LogP contribution is -2.17.